The molecule has 0 fully saturated rings. The summed E-state index contributed by atoms with van der Waals surface area (Å²) in [5, 5.41) is 4.56. The first-order valence-electron chi connectivity index (χ1n) is 11.1. The standard InChI is InChI=1S/C24H36N2O6S/c1-7-16(3)20(33-17(4)27)21(28)26-24(5,6)23(30)25-19(22(29)32-8-2)15-31-14-18-12-10-9-11-13-18/h9-13,16,19-20H,7-8,14-15H2,1-6H3,(H,25,30)(H,26,28)/t16?,19-,20-/m0/s1. The summed E-state index contributed by atoms with van der Waals surface area (Å²) in [7, 11) is 0. The van der Waals surface area contributed by atoms with Gasteiger partial charge in [-0.05, 0) is 32.3 Å². The van der Waals surface area contributed by atoms with Crippen LogP contribution in [-0.2, 0) is 35.3 Å². The zero-order valence-corrected chi connectivity index (χ0v) is 21.1. The molecule has 0 bridgehead atoms. The molecule has 0 aliphatic heterocycles. The summed E-state index contributed by atoms with van der Waals surface area (Å²) in [6.45, 7) is 10.3. The van der Waals surface area contributed by atoms with E-state index in [1.165, 1.54) is 6.92 Å². The lowest BCUT2D eigenvalue weighted by molar-refractivity contribution is -0.150. The van der Waals surface area contributed by atoms with E-state index in [0.29, 0.717) is 6.42 Å². The second-order valence-electron chi connectivity index (χ2n) is 8.31. The summed E-state index contributed by atoms with van der Waals surface area (Å²) < 4.78 is 10.7. The van der Waals surface area contributed by atoms with Crippen molar-refractivity contribution in [3.8, 4) is 0 Å². The van der Waals surface area contributed by atoms with Crippen LogP contribution in [0.1, 0.15) is 53.5 Å². The highest BCUT2D eigenvalue weighted by molar-refractivity contribution is 8.14. The van der Waals surface area contributed by atoms with E-state index in [4.69, 9.17) is 9.47 Å². The van der Waals surface area contributed by atoms with Crippen LogP contribution in [0.4, 0.5) is 0 Å². The normalized spacial score (nSPS) is 14.0. The lowest BCUT2D eigenvalue weighted by atomic mass is 10.00. The van der Waals surface area contributed by atoms with Crippen molar-refractivity contribution < 1.29 is 28.7 Å². The van der Waals surface area contributed by atoms with Gasteiger partial charge in [-0.2, -0.15) is 0 Å². The molecular weight excluding hydrogens is 444 g/mol. The van der Waals surface area contributed by atoms with Gasteiger partial charge in [0, 0.05) is 6.92 Å². The number of nitrogens with one attached hydrogen (secondary N) is 2. The zero-order valence-electron chi connectivity index (χ0n) is 20.3. The van der Waals surface area contributed by atoms with Crippen LogP contribution < -0.4 is 10.6 Å². The van der Waals surface area contributed by atoms with Gasteiger partial charge in [0.05, 0.1) is 25.1 Å². The molecule has 1 unspecified atom stereocenters. The van der Waals surface area contributed by atoms with Gasteiger partial charge in [-0.1, -0.05) is 62.4 Å². The van der Waals surface area contributed by atoms with Crippen molar-refractivity contribution in [1.29, 1.82) is 0 Å². The minimum atomic E-state index is -1.33. The molecule has 2 amide bonds. The quantitative estimate of drug-likeness (QED) is 0.418. The summed E-state index contributed by atoms with van der Waals surface area (Å²) in [4.78, 5) is 49.8. The molecule has 8 nitrogen and oxygen atoms in total. The third kappa shape index (κ3) is 9.96. The number of hydrogen-bond acceptors (Lipinski definition) is 7. The van der Waals surface area contributed by atoms with E-state index in [2.05, 4.69) is 10.6 Å². The van der Waals surface area contributed by atoms with E-state index in [-0.39, 0.29) is 30.9 Å². The van der Waals surface area contributed by atoms with Crippen LogP contribution in [0.25, 0.3) is 0 Å². The van der Waals surface area contributed by atoms with E-state index in [1.807, 2.05) is 44.2 Å². The van der Waals surface area contributed by atoms with Gasteiger partial charge in [-0.3, -0.25) is 14.4 Å². The number of rotatable bonds is 13. The molecule has 0 radical (unpaired) electrons. The van der Waals surface area contributed by atoms with E-state index < -0.39 is 34.6 Å². The summed E-state index contributed by atoms with van der Waals surface area (Å²) in [6.07, 6.45) is 0.703. The monoisotopic (exact) mass is 480 g/mol. The Bertz CT molecular complexity index is 799. The van der Waals surface area contributed by atoms with Gasteiger partial charge in [0.2, 0.25) is 11.8 Å². The van der Waals surface area contributed by atoms with Crippen LogP contribution in [0.5, 0.6) is 0 Å². The van der Waals surface area contributed by atoms with Gasteiger partial charge in [0.15, 0.2) is 11.2 Å². The fourth-order valence-corrected chi connectivity index (χ4v) is 3.82. The van der Waals surface area contributed by atoms with Gasteiger partial charge in [-0.25, -0.2) is 4.79 Å². The molecule has 0 saturated carbocycles. The van der Waals surface area contributed by atoms with Gasteiger partial charge in [0.25, 0.3) is 0 Å². The molecule has 1 rings (SSSR count). The minimum Gasteiger partial charge on any atom is -0.464 e. The number of esters is 1. The summed E-state index contributed by atoms with van der Waals surface area (Å²) in [5.74, 6) is -1.65. The molecule has 0 heterocycles. The SMILES string of the molecule is CCOC(=O)[C@H](COCc1ccccc1)NC(=O)C(C)(C)NC(=O)[C@@H](SC(C)=O)C(C)CC. The Morgan fingerprint density at radius 3 is 2.27 bits per heavy atom. The third-order valence-corrected chi connectivity index (χ3v) is 6.25. The Balaban J connectivity index is 2.84. The lowest BCUT2D eigenvalue weighted by Crippen LogP contribution is -2.60. The topological polar surface area (TPSA) is 111 Å². The second kappa shape index (κ2) is 14.0. The maximum atomic E-state index is 13.0. The fourth-order valence-electron chi connectivity index (χ4n) is 2.88. The van der Waals surface area contributed by atoms with Crippen LogP contribution in [0.2, 0.25) is 0 Å². The molecule has 0 aliphatic rings. The Morgan fingerprint density at radius 2 is 1.73 bits per heavy atom. The Labute approximate surface area is 200 Å². The average molecular weight is 481 g/mol. The van der Waals surface area contributed by atoms with Crippen LogP contribution >= 0.6 is 11.8 Å². The van der Waals surface area contributed by atoms with E-state index >= 15 is 0 Å². The highest BCUT2D eigenvalue weighted by Crippen LogP contribution is 2.24. The van der Waals surface area contributed by atoms with Crippen LogP contribution in [0, 0.1) is 5.92 Å². The summed E-state index contributed by atoms with van der Waals surface area (Å²) in [5.41, 5.74) is -0.400. The smallest absolute Gasteiger partial charge is 0.331 e. The number of carbonyl (C=O) groups excluding carboxylic acids is 4. The van der Waals surface area contributed by atoms with Crippen molar-refractivity contribution in [2.24, 2.45) is 5.92 Å². The first kappa shape index (κ1) is 28.6. The maximum Gasteiger partial charge on any atom is 0.331 e. The lowest BCUT2D eigenvalue weighted by Gasteiger charge is -2.30. The molecule has 33 heavy (non-hydrogen) atoms. The highest BCUT2D eigenvalue weighted by Gasteiger charge is 2.36. The molecule has 2 N–H and O–H groups in total. The zero-order chi connectivity index (χ0) is 25.0. The number of carbonyl (C=O) groups is 4. The van der Waals surface area contributed by atoms with Crippen molar-refractivity contribution in [3.05, 3.63) is 35.9 Å². The molecule has 0 aromatic heterocycles. The Hall–Kier alpha value is -2.39. The fraction of sp³-hybridized carbons (Fsp3) is 0.583. The Morgan fingerprint density at radius 1 is 1.09 bits per heavy atom. The summed E-state index contributed by atoms with van der Waals surface area (Å²) in [6, 6.07) is 8.40. The predicted octanol–water partition coefficient (Wildman–Crippen LogP) is 2.84. The molecule has 0 aliphatic carbocycles. The van der Waals surface area contributed by atoms with Crippen molar-refractivity contribution in [2.45, 2.75) is 71.4 Å². The van der Waals surface area contributed by atoms with Gasteiger partial charge >= 0.3 is 5.97 Å². The molecule has 9 heteroatoms. The maximum absolute atomic E-state index is 13.0. The van der Waals surface area contributed by atoms with Gasteiger partial charge in [0.1, 0.15) is 5.54 Å². The van der Waals surface area contributed by atoms with Crippen LogP contribution in [0.15, 0.2) is 30.3 Å². The van der Waals surface area contributed by atoms with Crippen molar-refractivity contribution >= 4 is 34.7 Å². The second-order valence-corrected chi connectivity index (χ2v) is 9.63. The average Bonchev–Trinajstić information content (AvgIpc) is 2.76. The van der Waals surface area contributed by atoms with Gasteiger partial charge < -0.3 is 20.1 Å². The molecule has 184 valence electrons. The van der Waals surface area contributed by atoms with Crippen molar-refractivity contribution in [1.82, 2.24) is 10.6 Å². The minimum absolute atomic E-state index is 0.0589. The van der Waals surface area contributed by atoms with Gasteiger partial charge in [-0.15, -0.1) is 0 Å². The first-order valence-corrected chi connectivity index (χ1v) is 12.0. The molecule has 1 aromatic carbocycles. The largest absolute Gasteiger partial charge is 0.464 e. The van der Waals surface area contributed by atoms with E-state index in [0.717, 1.165) is 17.3 Å². The highest BCUT2D eigenvalue weighted by atomic mass is 32.2. The van der Waals surface area contributed by atoms with Crippen LogP contribution in [-0.4, -0.2) is 52.9 Å². The van der Waals surface area contributed by atoms with E-state index in [1.54, 1.807) is 20.8 Å². The molecule has 0 spiro atoms. The number of amides is 2. The van der Waals surface area contributed by atoms with Crippen molar-refractivity contribution in [2.75, 3.05) is 13.2 Å². The molecule has 3 atom stereocenters. The molecule has 0 saturated heterocycles. The molecule has 1 aromatic rings. The van der Waals surface area contributed by atoms with E-state index in [9.17, 15) is 19.2 Å². The summed E-state index contributed by atoms with van der Waals surface area (Å²) >= 11 is 0.950. The number of benzene rings is 1. The Kier molecular flexibility index (Phi) is 12.2. The van der Waals surface area contributed by atoms with Crippen molar-refractivity contribution in [3.63, 3.8) is 0 Å². The predicted molar refractivity (Wildman–Crippen MR) is 128 cm³/mol. The number of ether oxygens (including phenoxy) is 2. The first-order chi connectivity index (χ1) is 15.5. The third-order valence-electron chi connectivity index (χ3n) is 4.99. The molecular formula is C24H36N2O6S. The number of hydrogen-bond donors (Lipinski definition) is 2. The number of thioether (sulfide) groups is 1. The van der Waals surface area contributed by atoms with Crippen LogP contribution in [0.3, 0.4) is 0 Å².